The molecule has 4 aromatic rings. The van der Waals surface area contributed by atoms with Gasteiger partial charge in [0.15, 0.2) is 5.82 Å². The maximum atomic E-state index is 17.5. The molecule has 3 saturated heterocycles. The number of likely N-dealkylation sites (tertiary alicyclic amines) is 1. The van der Waals surface area contributed by atoms with Crippen LogP contribution in [0.4, 0.5) is 33.6 Å². The maximum Gasteiger partial charge on any atom is 0.412 e. The predicted molar refractivity (Wildman–Crippen MR) is 218 cm³/mol. The van der Waals surface area contributed by atoms with E-state index < -0.39 is 46.7 Å². The van der Waals surface area contributed by atoms with Crippen LogP contribution in [0.1, 0.15) is 79.7 Å². The first-order chi connectivity index (χ1) is 27.2. The zero-order chi connectivity index (χ0) is 42.1. The van der Waals surface area contributed by atoms with Crippen molar-refractivity contribution < 1.29 is 37.0 Å². The fraction of sp³-hybridized carbons (Fsp3) is 0.537. The van der Waals surface area contributed by atoms with Gasteiger partial charge in [0.1, 0.15) is 52.2 Å². The predicted octanol–water partition coefficient (Wildman–Crippen LogP) is 9.45. The van der Waals surface area contributed by atoms with Gasteiger partial charge in [0.25, 0.3) is 0 Å². The van der Waals surface area contributed by atoms with Gasteiger partial charge in [0.2, 0.25) is 0 Å². The van der Waals surface area contributed by atoms with Crippen LogP contribution in [0, 0.1) is 23.0 Å². The molecule has 2 aromatic heterocycles. The third-order valence-electron chi connectivity index (χ3n) is 11.0. The number of nitriles is 1. The smallest absolute Gasteiger partial charge is 0.412 e. The topological polar surface area (TPSA) is 133 Å². The Morgan fingerprint density at radius 3 is 2.55 bits per heavy atom. The quantitative estimate of drug-likeness (QED) is 0.192. The molecular formula is C41H47ClF3N7O5S. The lowest BCUT2D eigenvalue weighted by molar-refractivity contribution is 0.0233. The molecule has 2 unspecified atom stereocenters. The number of halogens is 4. The third kappa shape index (κ3) is 7.80. The highest BCUT2D eigenvalue weighted by atomic mass is 35.5. The standard InChI is InChI=1S/C41H47ClF3N7O5S/c1-21-28(12-15-52(21)38(54)57-40(5,6)7)50(8)34-24-16-26(42)30(31(45)32(24)47-36(48-34)55-20-41-13-9-14-51(41)19-22(43)17-41)23-10-11-27(44)33-29(23)25(18-46)35(58-33)49-37(53)56-39(2,3)4/h10-11,16,21-22,28H,9,12-15,17,19-20H2,1-8H3,(H,49,53)/t21?,22-,28?,41+/m1/s1. The highest BCUT2D eigenvalue weighted by Gasteiger charge is 2.49. The van der Waals surface area contributed by atoms with Crippen LogP contribution in [-0.2, 0) is 9.47 Å². The molecule has 3 aliphatic heterocycles. The van der Waals surface area contributed by atoms with Gasteiger partial charge in [-0.15, -0.1) is 11.3 Å². The van der Waals surface area contributed by atoms with E-state index in [1.807, 2.05) is 17.9 Å². The summed E-state index contributed by atoms with van der Waals surface area (Å²) < 4.78 is 64.9. The molecule has 1 N–H and O–H groups in total. The molecule has 12 nitrogen and oxygen atoms in total. The lowest BCUT2D eigenvalue weighted by atomic mass is 9.95. The highest BCUT2D eigenvalue weighted by molar-refractivity contribution is 7.23. The van der Waals surface area contributed by atoms with Gasteiger partial charge in [-0.05, 0) is 92.0 Å². The SMILES string of the molecule is CC1C(N(C)c2nc(OC[C@@]34CCCN3C[C@H](F)C4)nc3c(F)c(-c4ccc(F)c5sc(NC(=O)OC(C)(C)C)c(C#N)c45)c(Cl)cc23)CCN1C(=O)OC(C)(C)C. The Labute approximate surface area is 344 Å². The van der Waals surface area contributed by atoms with Gasteiger partial charge in [-0.25, -0.2) is 22.8 Å². The molecule has 58 heavy (non-hydrogen) atoms. The molecule has 0 bridgehead atoms. The van der Waals surface area contributed by atoms with E-state index in [2.05, 4.69) is 15.2 Å². The van der Waals surface area contributed by atoms with E-state index in [9.17, 15) is 19.2 Å². The number of likely N-dealkylation sites (N-methyl/N-ethyl adjacent to an activating group) is 1. The average Bonchev–Trinajstić information content (AvgIpc) is 3.87. The van der Waals surface area contributed by atoms with E-state index in [4.69, 9.17) is 30.8 Å². The number of thiophene rings is 1. The summed E-state index contributed by atoms with van der Waals surface area (Å²) in [5.74, 6) is -1.29. The second kappa shape index (κ2) is 15.2. The second-order valence-corrected chi connectivity index (χ2v) is 18.8. The summed E-state index contributed by atoms with van der Waals surface area (Å²) in [6.07, 6.45) is 0.175. The first-order valence-electron chi connectivity index (χ1n) is 19.3. The molecule has 2 amide bonds. The third-order valence-corrected chi connectivity index (χ3v) is 12.4. The molecule has 0 spiro atoms. The maximum absolute atomic E-state index is 17.5. The van der Waals surface area contributed by atoms with Crippen LogP contribution >= 0.6 is 22.9 Å². The lowest BCUT2D eigenvalue weighted by Crippen LogP contribution is -2.45. The van der Waals surface area contributed by atoms with Crippen molar-refractivity contribution in [2.45, 2.75) is 109 Å². The molecule has 17 heteroatoms. The van der Waals surface area contributed by atoms with Gasteiger partial charge < -0.3 is 24.0 Å². The molecule has 3 aliphatic rings. The zero-order valence-corrected chi connectivity index (χ0v) is 35.3. The van der Waals surface area contributed by atoms with E-state index in [0.29, 0.717) is 25.9 Å². The number of nitrogens with zero attached hydrogens (tertiary/aromatic N) is 6. The number of aromatic nitrogens is 2. The summed E-state index contributed by atoms with van der Waals surface area (Å²) in [5.41, 5.74) is -2.40. The Hall–Kier alpha value is -4.59. The summed E-state index contributed by atoms with van der Waals surface area (Å²) in [6.45, 7) is 13.9. The summed E-state index contributed by atoms with van der Waals surface area (Å²) in [7, 11) is 1.79. The minimum atomic E-state index is -0.996. The van der Waals surface area contributed by atoms with Crippen LogP contribution in [0.5, 0.6) is 6.01 Å². The number of carbonyl (C=O) groups is 2. The van der Waals surface area contributed by atoms with Gasteiger partial charge in [-0.2, -0.15) is 15.2 Å². The molecule has 5 heterocycles. The Morgan fingerprint density at radius 2 is 1.86 bits per heavy atom. The van der Waals surface area contributed by atoms with Gasteiger partial charge in [0, 0.05) is 42.9 Å². The molecule has 0 radical (unpaired) electrons. The van der Waals surface area contributed by atoms with Crippen molar-refractivity contribution >= 4 is 66.9 Å². The number of benzene rings is 2. The Bertz CT molecular complexity index is 2340. The van der Waals surface area contributed by atoms with Crippen molar-refractivity contribution in [1.29, 1.82) is 5.26 Å². The van der Waals surface area contributed by atoms with E-state index in [0.717, 1.165) is 36.8 Å². The summed E-state index contributed by atoms with van der Waals surface area (Å²) in [4.78, 5) is 40.9. The van der Waals surface area contributed by atoms with E-state index in [1.54, 1.807) is 53.5 Å². The molecule has 3 fully saturated rings. The molecule has 310 valence electrons. The zero-order valence-electron chi connectivity index (χ0n) is 33.8. The van der Waals surface area contributed by atoms with Crippen molar-refractivity contribution in [2.75, 3.05) is 43.5 Å². The molecule has 7 rings (SSSR count). The molecule has 4 atom stereocenters. The minimum Gasteiger partial charge on any atom is -0.461 e. The fourth-order valence-electron chi connectivity index (χ4n) is 8.54. The lowest BCUT2D eigenvalue weighted by Gasteiger charge is -2.33. The van der Waals surface area contributed by atoms with Crippen LogP contribution < -0.4 is 15.0 Å². The van der Waals surface area contributed by atoms with E-state index in [-0.39, 0.29) is 78.2 Å². The van der Waals surface area contributed by atoms with Gasteiger partial charge in [-0.3, -0.25) is 10.2 Å². The summed E-state index contributed by atoms with van der Waals surface area (Å²) in [6, 6.07) is 5.28. The second-order valence-electron chi connectivity index (χ2n) is 17.4. The average molecular weight is 842 g/mol. The number of ether oxygens (including phenoxy) is 3. The van der Waals surface area contributed by atoms with Crippen molar-refractivity contribution in [3.05, 3.63) is 40.4 Å². The van der Waals surface area contributed by atoms with Crippen molar-refractivity contribution in [1.82, 2.24) is 19.8 Å². The molecule has 0 saturated carbocycles. The van der Waals surface area contributed by atoms with E-state index >= 15 is 8.78 Å². The number of amides is 2. The van der Waals surface area contributed by atoms with Crippen LogP contribution in [0.25, 0.3) is 32.1 Å². The fourth-order valence-corrected chi connectivity index (χ4v) is 9.90. The van der Waals surface area contributed by atoms with Crippen LogP contribution in [0.3, 0.4) is 0 Å². The number of hydrogen-bond acceptors (Lipinski definition) is 11. The highest BCUT2D eigenvalue weighted by Crippen LogP contribution is 2.47. The number of alkyl halides is 1. The van der Waals surface area contributed by atoms with Crippen LogP contribution in [-0.4, -0.2) is 100 Å². The van der Waals surface area contributed by atoms with Crippen molar-refractivity contribution in [2.24, 2.45) is 0 Å². The summed E-state index contributed by atoms with van der Waals surface area (Å²) >= 11 is 7.79. The number of rotatable bonds is 7. The normalized spacial score (nSPS) is 22.3. The van der Waals surface area contributed by atoms with Crippen molar-refractivity contribution in [3.8, 4) is 23.2 Å². The first kappa shape index (κ1) is 41.6. The van der Waals surface area contributed by atoms with Gasteiger partial charge >= 0.3 is 18.2 Å². The van der Waals surface area contributed by atoms with Crippen LogP contribution in [0.15, 0.2) is 18.2 Å². The largest absolute Gasteiger partial charge is 0.461 e. The van der Waals surface area contributed by atoms with Gasteiger partial charge in [0.05, 0.1) is 32.9 Å². The molecule has 0 aliphatic carbocycles. The molecule has 2 aromatic carbocycles. The number of carbonyl (C=O) groups excluding carboxylic acids is 2. The minimum absolute atomic E-state index is 0.00401. The Kier molecular flexibility index (Phi) is 10.9. The van der Waals surface area contributed by atoms with Crippen molar-refractivity contribution in [3.63, 3.8) is 0 Å². The number of hydrogen-bond donors (Lipinski definition) is 1. The summed E-state index contributed by atoms with van der Waals surface area (Å²) in [5, 5.41) is 13.1. The monoisotopic (exact) mass is 841 g/mol. The number of fused-ring (bicyclic) bond motifs is 3. The Morgan fingerprint density at radius 1 is 1.14 bits per heavy atom. The van der Waals surface area contributed by atoms with Gasteiger partial charge in [-0.1, -0.05) is 17.7 Å². The number of nitrogens with one attached hydrogen (secondary N) is 1. The van der Waals surface area contributed by atoms with Crippen LogP contribution in [0.2, 0.25) is 5.02 Å². The Balaban J connectivity index is 1.35. The number of anilines is 2. The first-order valence-corrected chi connectivity index (χ1v) is 20.5. The van der Waals surface area contributed by atoms with E-state index in [1.165, 1.54) is 12.1 Å². The molecular weight excluding hydrogens is 795 g/mol.